The van der Waals surface area contributed by atoms with Crippen molar-refractivity contribution in [2.24, 2.45) is 0 Å². The summed E-state index contributed by atoms with van der Waals surface area (Å²) in [6.07, 6.45) is 0. The van der Waals surface area contributed by atoms with Crippen molar-refractivity contribution in [1.29, 1.82) is 0 Å². The monoisotopic (exact) mass is 180 g/mol. The first-order valence-electron chi connectivity index (χ1n) is 4.32. The van der Waals surface area contributed by atoms with Crippen LogP contribution in [0.25, 0.3) is 0 Å². The van der Waals surface area contributed by atoms with E-state index in [1.54, 1.807) is 0 Å². The molecule has 0 aromatic carbocycles. The highest BCUT2D eigenvalue weighted by molar-refractivity contribution is 8.25. The predicted molar refractivity (Wildman–Crippen MR) is 51.9 cm³/mol. The summed E-state index contributed by atoms with van der Waals surface area (Å²) in [5.74, 6) is 2.01. The van der Waals surface area contributed by atoms with Crippen molar-refractivity contribution in [3.05, 3.63) is 0 Å². The Morgan fingerprint density at radius 2 is 1.18 bits per heavy atom. The van der Waals surface area contributed by atoms with E-state index in [9.17, 15) is 0 Å². The lowest BCUT2D eigenvalue weighted by atomic mass is 10.9. The van der Waals surface area contributed by atoms with Gasteiger partial charge in [0.25, 0.3) is 0 Å². The number of hydrogen-bond acceptors (Lipinski definition) is 2. The molecule has 11 heavy (non-hydrogen) atoms. The molecule has 0 saturated heterocycles. The van der Waals surface area contributed by atoms with Gasteiger partial charge in [-0.2, -0.15) is 10.6 Å². The first-order chi connectivity index (χ1) is 5.24. The fraction of sp³-hybridized carbons (Fsp3) is 1.00. The van der Waals surface area contributed by atoms with Crippen molar-refractivity contribution in [1.82, 2.24) is 0 Å². The van der Waals surface area contributed by atoms with E-state index in [2.05, 4.69) is 13.8 Å². The van der Waals surface area contributed by atoms with Gasteiger partial charge in [-0.05, 0) is 27.7 Å². The molecule has 0 bridgehead atoms. The Labute approximate surface area is 72.0 Å². The van der Waals surface area contributed by atoms with Gasteiger partial charge in [0.05, 0.1) is 13.2 Å². The lowest BCUT2D eigenvalue weighted by Crippen LogP contribution is -2.13. The smallest absolute Gasteiger partial charge is 0.0685 e. The third-order valence-corrected chi connectivity index (χ3v) is 4.63. The van der Waals surface area contributed by atoms with Crippen LogP contribution in [-0.2, 0) is 8.37 Å². The van der Waals surface area contributed by atoms with Gasteiger partial charge in [-0.3, -0.25) is 8.37 Å². The highest BCUT2D eigenvalue weighted by atomic mass is 32.3. The molecule has 0 aromatic rings. The summed E-state index contributed by atoms with van der Waals surface area (Å²) in [6, 6.07) is 0. The molecular formula is C8H20O2S. The third kappa shape index (κ3) is 3.45. The van der Waals surface area contributed by atoms with Gasteiger partial charge in [0, 0.05) is 11.5 Å². The molecule has 0 aromatic heterocycles. The zero-order valence-electron chi connectivity index (χ0n) is 8.05. The van der Waals surface area contributed by atoms with E-state index < -0.39 is 10.6 Å². The molecule has 0 heterocycles. The van der Waals surface area contributed by atoms with Crippen molar-refractivity contribution >= 4 is 10.6 Å². The van der Waals surface area contributed by atoms with Crippen molar-refractivity contribution in [2.75, 3.05) is 24.7 Å². The Kier molecular flexibility index (Phi) is 6.01. The fourth-order valence-corrected chi connectivity index (χ4v) is 3.00. The molecule has 0 rings (SSSR count). The molecule has 0 aliphatic carbocycles. The Morgan fingerprint density at radius 1 is 0.818 bits per heavy atom. The molecule has 0 N–H and O–H groups in total. The minimum absolute atomic E-state index is 0.761. The van der Waals surface area contributed by atoms with Gasteiger partial charge in [0.1, 0.15) is 0 Å². The topological polar surface area (TPSA) is 18.5 Å². The molecule has 0 aliphatic heterocycles. The summed E-state index contributed by atoms with van der Waals surface area (Å²) in [7, 11) is -1.17. The minimum Gasteiger partial charge on any atom is -0.285 e. The second-order valence-electron chi connectivity index (χ2n) is 2.13. The first-order valence-corrected chi connectivity index (χ1v) is 6.14. The summed E-state index contributed by atoms with van der Waals surface area (Å²) < 4.78 is 11.3. The van der Waals surface area contributed by atoms with Crippen LogP contribution < -0.4 is 0 Å². The SMILES string of the molecule is CCOS(CC)(CC)OCC. The predicted octanol–water partition coefficient (Wildman–Crippen LogP) is 2.73. The van der Waals surface area contributed by atoms with E-state index in [0.29, 0.717) is 0 Å². The molecule has 0 fully saturated rings. The quantitative estimate of drug-likeness (QED) is 0.625. The lowest BCUT2D eigenvalue weighted by molar-refractivity contribution is 0.277. The maximum absolute atomic E-state index is 5.63. The van der Waals surface area contributed by atoms with Crippen LogP contribution in [0, 0.1) is 0 Å². The Hall–Kier alpha value is 0.270. The Balaban J connectivity index is 3.96. The molecule has 0 saturated carbocycles. The number of hydrogen-bond donors (Lipinski definition) is 0. The van der Waals surface area contributed by atoms with Crippen molar-refractivity contribution in [3.8, 4) is 0 Å². The average Bonchev–Trinajstić information content (AvgIpc) is 2.04. The third-order valence-electron chi connectivity index (χ3n) is 1.54. The van der Waals surface area contributed by atoms with Gasteiger partial charge < -0.3 is 0 Å². The minimum atomic E-state index is -1.17. The molecular weight excluding hydrogens is 160 g/mol. The van der Waals surface area contributed by atoms with Gasteiger partial charge >= 0.3 is 0 Å². The van der Waals surface area contributed by atoms with Crippen molar-refractivity contribution in [2.45, 2.75) is 27.7 Å². The second-order valence-corrected chi connectivity index (χ2v) is 5.25. The van der Waals surface area contributed by atoms with E-state index >= 15 is 0 Å². The second kappa shape index (κ2) is 5.86. The maximum Gasteiger partial charge on any atom is 0.0685 e. The zero-order chi connectivity index (χ0) is 8.74. The molecule has 70 valence electrons. The fourth-order valence-electron chi connectivity index (χ4n) is 1.00. The van der Waals surface area contributed by atoms with Crippen LogP contribution >= 0.6 is 10.6 Å². The molecule has 0 radical (unpaired) electrons. The summed E-state index contributed by atoms with van der Waals surface area (Å²) in [4.78, 5) is 0. The Morgan fingerprint density at radius 3 is 1.36 bits per heavy atom. The van der Waals surface area contributed by atoms with Gasteiger partial charge in [0.2, 0.25) is 0 Å². The molecule has 0 amide bonds. The van der Waals surface area contributed by atoms with E-state index in [0.717, 1.165) is 24.7 Å². The van der Waals surface area contributed by atoms with Crippen LogP contribution in [-0.4, -0.2) is 24.7 Å². The normalized spacial score (nSPS) is 13.5. The van der Waals surface area contributed by atoms with Crippen LogP contribution in [0.5, 0.6) is 0 Å². The molecule has 0 spiro atoms. The van der Waals surface area contributed by atoms with Crippen LogP contribution in [0.2, 0.25) is 0 Å². The van der Waals surface area contributed by atoms with Gasteiger partial charge in [-0.25, -0.2) is 0 Å². The van der Waals surface area contributed by atoms with E-state index in [4.69, 9.17) is 8.37 Å². The average molecular weight is 180 g/mol. The summed E-state index contributed by atoms with van der Waals surface area (Å²) >= 11 is 0. The van der Waals surface area contributed by atoms with Gasteiger partial charge in [0.15, 0.2) is 0 Å². The van der Waals surface area contributed by atoms with Crippen molar-refractivity contribution < 1.29 is 8.37 Å². The standard InChI is InChI=1S/C8H20O2S/c1-5-9-11(7-3,8-4)10-6-2/h5-8H2,1-4H3. The zero-order valence-corrected chi connectivity index (χ0v) is 8.87. The highest BCUT2D eigenvalue weighted by Crippen LogP contribution is 2.49. The van der Waals surface area contributed by atoms with Crippen LogP contribution in [0.4, 0.5) is 0 Å². The van der Waals surface area contributed by atoms with E-state index in [1.807, 2.05) is 13.8 Å². The molecule has 0 atom stereocenters. The summed E-state index contributed by atoms with van der Waals surface area (Å²) in [5, 5.41) is 0. The molecule has 3 heteroatoms. The largest absolute Gasteiger partial charge is 0.285 e. The highest BCUT2D eigenvalue weighted by Gasteiger charge is 2.14. The van der Waals surface area contributed by atoms with Gasteiger partial charge in [-0.15, -0.1) is 0 Å². The molecule has 0 aliphatic rings. The van der Waals surface area contributed by atoms with Crippen molar-refractivity contribution in [3.63, 3.8) is 0 Å². The lowest BCUT2D eigenvalue weighted by Gasteiger charge is -2.41. The molecule has 2 nitrogen and oxygen atoms in total. The molecule has 0 unspecified atom stereocenters. The maximum atomic E-state index is 5.63. The first kappa shape index (κ1) is 11.3. The van der Waals surface area contributed by atoms with E-state index in [-0.39, 0.29) is 0 Å². The van der Waals surface area contributed by atoms with Crippen LogP contribution in [0.1, 0.15) is 27.7 Å². The van der Waals surface area contributed by atoms with Crippen LogP contribution in [0.15, 0.2) is 0 Å². The van der Waals surface area contributed by atoms with Gasteiger partial charge in [-0.1, -0.05) is 0 Å². The Bertz CT molecular complexity index is 84.1. The number of rotatable bonds is 6. The van der Waals surface area contributed by atoms with E-state index in [1.165, 1.54) is 0 Å². The van der Waals surface area contributed by atoms with Crippen LogP contribution in [0.3, 0.4) is 0 Å². The summed E-state index contributed by atoms with van der Waals surface area (Å²) in [6.45, 7) is 9.82. The summed E-state index contributed by atoms with van der Waals surface area (Å²) in [5.41, 5.74) is 0.